The molecule has 3 N–H and O–H groups in total. The third-order valence-electron chi connectivity index (χ3n) is 1.95. The van der Waals surface area contributed by atoms with Crippen molar-refractivity contribution in [1.82, 2.24) is 9.71 Å². The highest BCUT2D eigenvalue weighted by molar-refractivity contribution is 7.89. The van der Waals surface area contributed by atoms with E-state index in [9.17, 15) is 8.42 Å². The molecule has 1 aromatic rings. The van der Waals surface area contributed by atoms with Gasteiger partial charge in [0.2, 0.25) is 10.0 Å². The quantitative estimate of drug-likeness (QED) is 0.742. The first-order chi connectivity index (χ1) is 7.58. The molecule has 0 spiro atoms. The number of rotatable bonds is 6. The summed E-state index contributed by atoms with van der Waals surface area (Å²) in [6, 6.07) is 1.44. The number of nitrogens with one attached hydrogen (secondary N) is 1. The first kappa shape index (κ1) is 13.4. The average Bonchev–Trinajstić information content (AvgIpc) is 2.25. The van der Waals surface area contributed by atoms with Crippen LogP contribution in [-0.4, -0.2) is 26.5 Å². The highest BCUT2D eigenvalue weighted by Gasteiger charge is 2.16. The van der Waals surface area contributed by atoms with E-state index < -0.39 is 10.0 Å². The van der Waals surface area contributed by atoms with Gasteiger partial charge in [-0.2, -0.15) is 0 Å². The van der Waals surface area contributed by atoms with Gasteiger partial charge in [0.05, 0.1) is 5.02 Å². The number of halogens is 1. The summed E-state index contributed by atoms with van der Waals surface area (Å²) in [4.78, 5) is 3.74. The van der Waals surface area contributed by atoms with Crippen molar-refractivity contribution in [3.8, 4) is 0 Å². The second-order valence-electron chi connectivity index (χ2n) is 3.20. The summed E-state index contributed by atoms with van der Waals surface area (Å²) in [5.41, 5.74) is 5.31. The Hall–Kier alpha value is -0.690. The van der Waals surface area contributed by atoms with Crippen LogP contribution >= 0.6 is 11.6 Å². The Labute approximate surface area is 100 Å². The molecule has 0 saturated heterocycles. The fourth-order valence-corrected chi connectivity index (χ4v) is 2.62. The summed E-state index contributed by atoms with van der Waals surface area (Å²) in [5, 5.41) is 0.168. The number of hydrogen-bond donors (Lipinski definition) is 2. The predicted molar refractivity (Wildman–Crippen MR) is 62.7 cm³/mol. The Morgan fingerprint density at radius 3 is 2.81 bits per heavy atom. The van der Waals surface area contributed by atoms with Crippen LogP contribution in [0.2, 0.25) is 5.02 Å². The van der Waals surface area contributed by atoms with Crippen LogP contribution in [0.5, 0.6) is 0 Å². The maximum atomic E-state index is 11.7. The topological polar surface area (TPSA) is 85.1 Å². The zero-order valence-corrected chi connectivity index (χ0v) is 10.3. The standard InChI is InChI=1S/C9H14ClN3O2S/c10-8-3-6-12-7-9(8)16(14,15)13-5-2-1-4-11/h3,6-7,13H,1-2,4-5,11H2. The SMILES string of the molecule is NCCCCNS(=O)(=O)c1cnccc1Cl. The largest absolute Gasteiger partial charge is 0.330 e. The highest BCUT2D eigenvalue weighted by Crippen LogP contribution is 2.18. The van der Waals surface area contributed by atoms with Gasteiger partial charge in [0, 0.05) is 18.9 Å². The van der Waals surface area contributed by atoms with Crippen LogP contribution in [-0.2, 0) is 10.0 Å². The normalized spacial score (nSPS) is 11.6. The average molecular weight is 264 g/mol. The molecule has 0 unspecified atom stereocenters. The molecule has 1 aromatic heterocycles. The maximum Gasteiger partial charge on any atom is 0.243 e. The van der Waals surface area contributed by atoms with Gasteiger partial charge in [-0.3, -0.25) is 4.98 Å². The van der Waals surface area contributed by atoms with Gasteiger partial charge in [0.15, 0.2) is 0 Å². The second-order valence-corrected chi connectivity index (χ2v) is 5.34. The van der Waals surface area contributed by atoms with E-state index in [1.54, 1.807) is 0 Å². The number of aromatic nitrogens is 1. The molecule has 0 atom stereocenters. The molecule has 1 rings (SSSR count). The van der Waals surface area contributed by atoms with Crippen molar-refractivity contribution >= 4 is 21.6 Å². The smallest absolute Gasteiger partial charge is 0.243 e. The van der Waals surface area contributed by atoms with Gasteiger partial charge in [-0.1, -0.05) is 11.6 Å². The van der Waals surface area contributed by atoms with Gasteiger partial charge < -0.3 is 5.73 Å². The van der Waals surface area contributed by atoms with Crippen molar-refractivity contribution in [2.75, 3.05) is 13.1 Å². The van der Waals surface area contributed by atoms with Crippen LogP contribution in [0, 0.1) is 0 Å². The zero-order chi connectivity index (χ0) is 12.0. The van der Waals surface area contributed by atoms with Gasteiger partial charge in [0.1, 0.15) is 4.90 Å². The number of pyridine rings is 1. The van der Waals surface area contributed by atoms with Crippen molar-refractivity contribution in [3.63, 3.8) is 0 Å². The third-order valence-corrected chi connectivity index (χ3v) is 3.88. The molecule has 90 valence electrons. The lowest BCUT2D eigenvalue weighted by Crippen LogP contribution is -2.25. The van der Waals surface area contributed by atoms with Crippen molar-refractivity contribution in [2.45, 2.75) is 17.7 Å². The van der Waals surface area contributed by atoms with E-state index in [0.29, 0.717) is 19.5 Å². The number of hydrogen-bond acceptors (Lipinski definition) is 4. The van der Waals surface area contributed by atoms with E-state index in [1.165, 1.54) is 18.5 Å². The maximum absolute atomic E-state index is 11.7. The van der Waals surface area contributed by atoms with Gasteiger partial charge in [0.25, 0.3) is 0 Å². The number of nitrogens with two attached hydrogens (primary N) is 1. The lowest BCUT2D eigenvalue weighted by molar-refractivity contribution is 0.577. The van der Waals surface area contributed by atoms with Crippen molar-refractivity contribution in [1.29, 1.82) is 0 Å². The monoisotopic (exact) mass is 263 g/mol. The Morgan fingerprint density at radius 2 is 2.19 bits per heavy atom. The Morgan fingerprint density at radius 1 is 1.44 bits per heavy atom. The van der Waals surface area contributed by atoms with Crippen molar-refractivity contribution in [2.24, 2.45) is 5.73 Å². The number of unbranched alkanes of at least 4 members (excludes halogenated alkanes) is 1. The molecule has 0 aliphatic rings. The van der Waals surface area contributed by atoms with Crippen LogP contribution in [0.4, 0.5) is 0 Å². The van der Waals surface area contributed by atoms with Crippen LogP contribution in [0.25, 0.3) is 0 Å². The third kappa shape index (κ3) is 3.71. The minimum atomic E-state index is -3.56. The summed E-state index contributed by atoms with van der Waals surface area (Å²) in [6.45, 7) is 0.903. The van der Waals surface area contributed by atoms with E-state index in [1.807, 2.05) is 0 Å². The van der Waals surface area contributed by atoms with E-state index in [0.717, 1.165) is 6.42 Å². The lowest BCUT2D eigenvalue weighted by Gasteiger charge is -2.06. The number of nitrogens with zero attached hydrogens (tertiary/aromatic N) is 1. The van der Waals surface area contributed by atoms with E-state index in [4.69, 9.17) is 17.3 Å². The van der Waals surface area contributed by atoms with Gasteiger partial charge in [-0.15, -0.1) is 0 Å². The van der Waals surface area contributed by atoms with Crippen LogP contribution in [0.15, 0.2) is 23.4 Å². The number of sulfonamides is 1. The molecule has 0 saturated carbocycles. The molecule has 5 nitrogen and oxygen atoms in total. The fraction of sp³-hybridized carbons (Fsp3) is 0.444. The summed E-state index contributed by atoms with van der Waals surface area (Å²) in [7, 11) is -3.56. The molecule has 7 heteroatoms. The first-order valence-corrected chi connectivity index (χ1v) is 6.73. The Balaban J connectivity index is 2.68. The molecule has 16 heavy (non-hydrogen) atoms. The molecular weight excluding hydrogens is 250 g/mol. The molecule has 0 radical (unpaired) electrons. The van der Waals surface area contributed by atoms with Crippen LogP contribution < -0.4 is 10.5 Å². The molecule has 1 heterocycles. The summed E-state index contributed by atoms with van der Waals surface area (Å²) >= 11 is 5.77. The molecule has 0 amide bonds. The Kier molecular flexibility index (Phi) is 5.14. The van der Waals surface area contributed by atoms with Crippen LogP contribution in [0.1, 0.15) is 12.8 Å². The van der Waals surface area contributed by atoms with E-state index in [-0.39, 0.29) is 9.92 Å². The van der Waals surface area contributed by atoms with Crippen molar-refractivity contribution in [3.05, 3.63) is 23.5 Å². The minimum absolute atomic E-state index is 0.00409. The van der Waals surface area contributed by atoms with E-state index >= 15 is 0 Å². The van der Waals surface area contributed by atoms with Gasteiger partial charge in [-0.05, 0) is 25.5 Å². The molecule has 0 fully saturated rings. The summed E-state index contributed by atoms with van der Waals surface area (Å²) in [5.74, 6) is 0. The first-order valence-electron chi connectivity index (χ1n) is 4.87. The Bertz CT molecular complexity index is 436. The van der Waals surface area contributed by atoms with Crippen LogP contribution in [0.3, 0.4) is 0 Å². The second kappa shape index (κ2) is 6.15. The molecule has 0 aliphatic heterocycles. The molecule has 0 aliphatic carbocycles. The fourth-order valence-electron chi connectivity index (χ4n) is 1.11. The molecule has 0 aromatic carbocycles. The molecular formula is C9H14ClN3O2S. The lowest BCUT2D eigenvalue weighted by atomic mass is 10.3. The molecule has 0 bridgehead atoms. The minimum Gasteiger partial charge on any atom is -0.330 e. The summed E-state index contributed by atoms with van der Waals surface area (Å²) < 4.78 is 25.9. The van der Waals surface area contributed by atoms with E-state index in [2.05, 4.69) is 9.71 Å². The highest BCUT2D eigenvalue weighted by atomic mass is 35.5. The van der Waals surface area contributed by atoms with Gasteiger partial charge >= 0.3 is 0 Å². The zero-order valence-electron chi connectivity index (χ0n) is 8.69. The van der Waals surface area contributed by atoms with Crippen molar-refractivity contribution < 1.29 is 8.42 Å². The predicted octanol–water partition coefficient (Wildman–Crippen LogP) is 0.752. The van der Waals surface area contributed by atoms with Gasteiger partial charge in [-0.25, -0.2) is 13.1 Å². The summed E-state index contributed by atoms with van der Waals surface area (Å²) in [6.07, 6.45) is 4.15.